The highest BCUT2D eigenvalue weighted by Gasteiger charge is 2.42. The summed E-state index contributed by atoms with van der Waals surface area (Å²) in [5.41, 5.74) is -2.57. The summed E-state index contributed by atoms with van der Waals surface area (Å²) < 4.78 is 68.2. The number of halogens is 3. The van der Waals surface area contributed by atoms with Crippen LogP contribution >= 0.6 is 0 Å². The predicted molar refractivity (Wildman–Crippen MR) is 50.9 cm³/mol. The van der Waals surface area contributed by atoms with Crippen LogP contribution in [0.1, 0.15) is 6.92 Å². The minimum Gasteiger partial charge on any atom is -0.366 e. The van der Waals surface area contributed by atoms with Gasteiger partial charge in [0.25, 0.3) is 10.1 Å². The van der Waals surface area contributed by atoms with E-state index in [0.29, 0.717) is 6.08 Å². The summed E-state index contributed by atoms with van der Waals surface area (Å²) in [4.78, 5) is 0. The van der Waals surface area contributed by atoms with Gasteiger partial charge in [-0.2, -0.15) is 26.9 Å². The maximum atomic E-state index is 12.6. The van der Waals surface area contributed by atoms with Crippen LogP contribution in [0.15, 0.2) is 22.9 Å². The van der Waals surface area contributed by atoms with Crippen molar-refractivity contribution in [3.05, 3.63) is 22.9 Å². The second kappa shape index (κ2) is 4.05. The second-order valence-electron chi connectivity index (χ2n) is 3.30. The van der Waals surface area contributed by atoms with Crippen molar-refractivity contribution in [1.82, 2.24) is 5.32 Å². The number of dihydropyridines is 1. The normalized spacial score (nSPS) is 21.6. The molecule has 1 atom stereocenters. The van der Waals surface area contributed by atoms with Gasteiger partial charge in [-0.25, -0.2) is 0 Å². The van der Waals surface area contributed by atoms with Gasteiger partial charge in [0.2, 0.25) is 0 Å². The zero-order valence-electron chi connectivity index (χ0n) is 8.41. The van der Waals surface area contributed by atoms with Crippen molar-refractivity contribution in [2.75, 3.05) is 0 Å². The third kappa shape index (κ3) is 2.78. The van der Waals surface area contributed by atoms with Crippen molar-refractivity contribution in [3.63, 3.8) is 0 Å². The first-order chi connectivity index (χ1) is 7.57. The minimum absolute atomic E-state index is 0.112. The molecule has 0 aromatic carbocycles. The Morgan fingerprint density at radius 3 is 2.41 bits per heavy atom. The number of rotatable bonds is 1. The molecule has 0 aromatic rings. The standard InChI is InChI=1S/C8H7F3N2O3S/c1-4-2-6(8(9,10)11)5(3-12)7(13-4)17(14,15)16/h2,7,13H,1H3,(H,14,15,16). The Balaban J connectivity index is 3.50. The number of nitrogens with zero attached hydrogens (tertiary/aromatic N) is 1. The van der Waals surface area contributed by atoms with Crippen molar-refractivity contribution in [2.45, 2.75) is 18.5 Å². The van der Waals surface area contributed by atoms with E-state index in [1.165, 1.54) is 6.92 Å². The molecule has 5 nitrogen and oxygen atoms in total. The monoisotopic (exact) mass is 268 g/mol. The summed E-state index contributed by atoms with van der Waals surface area (Å²) in [7, 11) is -4.85. The molecule has 1 unspecified atom stereocenters. The van der Waals surface area contributed by atoms with E-state index in [2.05, 4.69) is 5.32 Å². The third-order valence-electron chi connectivity index (χ3n) is 2.00. The number of hydrogen-bond donors (Lipinski definition) is 2. The van der Waals surface area contributed by atoms with E-state index in [9.17, 15) is 21.6 Å². The van der Waals surface area contributed by atoms with E-state index in [-0.39, 0.29) is 5.70 Å². The van der Waals surface area contributed by atoms with Crippen molar-refractivity contribution in [3.8, 4) is 6.07 Å². The molecule has 0 bridgehead atoms. The molecule has 0 radical (unpaired) electrons. The van der Waals surface area contributed by atoms with Crippen LogP contribution in [0.25, 0.3) is 0 Å². The number of alkyl halides is 3. The summed E-state index contributed by atoms with van der Waals surface area (Å²) in [6.45, 7) is 1.19. The summed E-state index contributed by atoms with van der Waals surface area (Å²) in [5, 5.41) is 8.61. The van der Waals surface area contributed by atoms with E-state index in [1.54, 1.807) is 0 Å². The molecule has 0 aromatic heterocycles. The first-order valence-electron chi connectivity index (χ1n) is 4.20. The van der Waals surface area contributed by atoms with E-state index in [0.717, 1.165) is 6.07 Å². The zero-order valence-corrected chi connectivity index (χ0v) is 9.22. The van der Waals surface area contributed by atoms with Crippen LogP contribution in [0.4, 0.5) is 13.2 Å². The Morgan fingerprint density at radius 2 is 2.06 bits per heavy atom. The van der Waals surface area contributed by atoms with Crippen LogP contribution in [-0.4, -0.2) is 24.5 Å². The SMILES string of the molecule is CC1=CC(C(F)(F)F)=C(C#N)C(S(=O)(=O)O)N1. The van der Waals surface area contributed by atoms with Crippen molar-refractivity contribution in [2.24, 2.45) is 0 Å². The van der Waals surface area contributed by atoms with Crippen molar-refractivity contribution < 1.29 is 26.1 Å². The average Bonchev–Trinajstić information content (AvgIpc) is 2.13. The van der Waals surface area contributed by atoms with Gasteiger partial charge in [0.15, 0.2) is 5.37 Å². The highest BCUT2D eigenvalue weighted by molar-refractivity contribution is 7.86. The average molecular weight is 268 g/mol. The summed E-state index contributed by atoms with van der Waals surface area (Å²) in [5.74, 6) is 0. The summed E-state index contributed by atoms with van der Waals surface area (Å²) >= 11 is 0. The number of allylic oxidation sites excluding steroid dienone is 3. The van der Waals surface area contributed by atoms with Crippen LogP contribution in [0.3, 0.4) is 0 Å². The van der Waals surface area contributed by atoms with Crippen LogP contribution in [0.5, 0.6) is 0 Å². The van der Waals surface area contributed by atoms with Crippen LogP contribution in [0, 0.1) is 11.3 Å². The van der Waals surface area contributed by atoms with Gasteiger partial charge in [-0.15, -0.1) is 0 Å². The fourth-order valence-electron chi connectivity index (χ4n) is 1.33. The molecule has 1 aliphatic rings. The number of hydrogen-bond acceptors (Lipinski definition) is 4. The minimum atomic E-state index is -4.86. The zero-order chi connectivity index (χ0) is 13.4. The van der Waals surface area contributed by atoms with E-state index in [1.807, 2.05) is 0 Å². The van der Waals surface area contributed by atoms with Crippen molar-refractivity contribution in [1.29, 1.82) is 5.26 Å². The lowest BCUT2D eigenvalue weighted by atomic mass is 10.0. The number of nitriles is 1. The molecule has 0 spiro atoms. The maximum Gasteiger partial charge on any atom is 0.417 e. The second-order valence-corrected chi connectivity index (χ2v) is 4.80. The van der Waals surface area contributed by atoms with Gasteiger partial charge >= 0.3 is 6.18 Å². The maximum absolute atomic E-state index is 12.6. The summed E-state index contributed by atoms with van der Waals surface area (Å²) in [6.07, 6.45) is -4.25. The topological polar surface area (TPSA) is 90.2 Å². The lowest BCUT2D eigenvalue weighted by molar-refractivity contribution is -0.0892. The van der Waals surface area contributed by atoms with Gasteiger partial charge in [-0.1, -0.05) is 0 Å². The Labute approximate surface area is 95.0 Å². The Morgan fingerprint density at radius 1 is 1.53 bits per heavy atom. The molecule has 1 heterocycles. The highest BCUT2D eigenvalue weighted by atomic mass is 32.2. The van der Waals surface area contributed by atoms with Crippen LogP contribution < -0.4 is 5.32 Å². The van der Waals surface area contributed by atoms with Crippen molar-refractivity contribution >= 4 is 10.1 Å². The van der Waals surface area contributed by atoms with E-state index >= 15 is 0 Å². The van der Waals surface area contributed by atoms with E-state index < -0.39 is 32.8 Å². The summed E-state index contributed by atoms with van der Waals surface area (Å²) in [6, 6.07) is 1.15. The number of nitrogens with one attached hydrogen (secondary N) is 1. The van der Waals surface area contributed by atoms with Crippen LogP contribution in [0.2, 0.25) is 0 Å². The predicted octanol–water partition coefficient (Wildman–Crippen LogP) is 1.09. The molecule has 0 fully saturated rings. The van der Waals surface area contributed by atoms with Gasteiger partial charge in [0, 0.05) is 5.70 Å². The van der Waals surface area contributed by atoms with E-state index in [4.69, 9.17) is 9.81 Å². The molecular formula is C8H7F3N2O3S. The lowest BCUT2D eigenvalue weighted by Crippen LogP contribution is -2.41. The lowest BCUT2D eigenvalue weighted by Gasteiger charge is -2.24. The van der Waals surface area contributed by atoms with Gasteiger partial charge in [-0.05, 0) is 13.0 Å². The van der Waals surface area contributed by atoms with Gasteiger partial charge in [0.1, 0.15) is 0 Å². The highest BCUT2D eigenvalue weighted by Crippen LogP contribution is 2.34. The Bertz CT molecular complexity index is 539. The molecule has 17 heavy (non-hydrogen) atoms. The van der Waals surface area contributed by atoms with Crippen LogP contribution in [-0.2, 0) is 10.1 Å². The quantitative estimate of drug-likeness (QED) is 0.695. The first kappa shape index (κ1) is 13.5. The molecular weight excluding hydrogens is 261 g/mol. The molecule has 1 rings (SSSR count). The first-order valence-corrected chi connectivity index (χ1v) is 5.70. The fourth-order valence-corrected chi connectivity index (χ4v) is 2.15. The molecule has 94 valence electrons. The molecule has 0 saturated carbocycles. The molecule has 2 N–H and O–H groups in total. The Kier molecular flexibility index (Phi) is 3.22. The molecule has 0 saturated heterocycles. The molecule has 0 aliphatic carbocycles. The third-order valence-corrected chi connectivity index (χ3v) is 2.94. The largest absolute Gasteiger partial charge is 0.417 e. The fraction of sp³-hybridized carbons (Fsp3) is 0.375. The molecule has 1 aliphatic heterocycles. The molecule has 9 heteroatoms. The van der Waals surface area contributed by atoms with Gasteiger partial charge < -0.3 is 5.32 Å². The van der Waals surface area contributed by atoms with Gasteiger partial charge in [0.05, 0.1) is 17.2 Å². The van der Waals surface area contributed by atoms with Gasteiger partial charge in [-0.3, -0.25) is 4.55 Å². The molecule has 0 amide bonds. The Hall–Kier alpha value is -1.53. The smallest absolute Gasteiger partial charge is 0.366 e.